The van der Waals surface area contributed by atoms with E-state index in [-0.39, 0.29) is 19.1 Å². The molecular formula is C13H15ClN2O2. The molecule has 96 valence electrons. The molecule has 2 rings (SSSR count). The average molecular weight is 267 g/mol. The van der Waals surface area contributed by atoms with Gasteiger partial charge in [0.1, 0.15) is 6.54 Å². The molecule has 18 heavy (non-hydrogen) atoms. The van der Waals surface area contributed by atoms with Gasteiger partial charge in [-0.05, 0) is 30.0 Å². The number of fused-ring (bicyclic) bond motifs is 1. The fourth-order valence-electron chi connectivity index (χ4n) is 1.81. The van der Waals surface area contributed by atoms with Gasteiger partial charge in [0.05, 0.1) is 0 Å². The Morgan fingerprint density at radius 3 is 3.00 bits per heavy atom. The summed E-state index contributed by atoms with van der Waals surface area (Å²) in [6, 6.07) is 7.55. The number of nitrogens with zero attached hydrogens (tertiary/aromatic N) is 1. The third-order valence-electron chi connectivity index (χ3n) is 2.71. The number of aromatic nitrogens is 1. The number of rotatable bonds is 5. The van der Waals surface area contributed by atoms with Crippen LogP contribution in [0.5, 0.6) is 0 Å². The number of carbonyl (C=O) groups is 1. The number of benzene rings is 1. The van der Waals surface area contributed by atoms with E-state index in [1.807, 2.05) is 35.0 Å². The molecule has 2 aromatic rings. The molecule has 0 unspecified atom stereocenters. The quantitative estimate of drug-likeness (QED) is 0.811. The Balaban J connectivity index is 2.07. The van der Waals surface area contributed by atoms with Gasteiger partial charge in [-0.3, -0.25) is 4.79 Å². The highest BCUT2D eigenvalue weighted by molar-refractivity contribution is 6.31. The molecule has 1 aromatic heterocycles. The van der Waals surface area contributed by atoms with Crippen molar-refractivity contribution >= 4 is 28.4 Å². The molecule has 0 aliphatic carbocycles. The smallest absolute Gasteiger partial charge is 0.239 e. The van der Waals surface area contributed by atoms with E-state index < -0.39 is 0 Å². The van der Waals surface area contributed by atoms with Gasteiger partial charge in [-0.1, -0.05) is 17.7 Å². The SMILES string of the molecule is O=C(Cn1ccc2ccc(Cl)cc21)NCCCO. The highest BCUT2D eigenvalue weighted by atomic mass is 35.5. The number of hydrogen-bond donors (Lipinski definition) is 2. The third-order valence-corrected chi connectivity index (χ3v) is 2.94. The van der Waals surface area contributed by atoms with Crippen LogP contribution in [0.25, 0.3) is 10.9 Å². The second-order valence-corrected chi connectivity index (χ2v) is 4.51. The van der Waals surface area contributed by atoms with Crippen LogP contribution < -0.4 is 5.32 Å². The summed E-state index contributed by atoms with van der Waals surface area (Å²) in [5.41, 5.74) is 0.944. The maximum absolute atomic E-state index is 11.7. The highest BCUT2D eigenvalue weighted by Crippen LogP contribution is 2.20. The minimum Gasteiger partial charge on any atom is -0.396 e. The molecule has 1 aromatic carbocycles. The lowest BCUT2D eigenvalue weighted by atomic mass is 10.2. The third kappa shape index (κ3) is 3.03. The van der Waals surface area contributed by atoms with Crippen LogP contribution in [0.4, 0.5) is 0 Å². The molecule has 0 spiro atoms. The topological polar surface area (TPSA) is 54.3 Å². The van der Waals surface area contributed by atoms with Gasteiger partial charge in [-0.15, -0.1) is 0 Å². The first-order valence-corrected chi connectivity index (χ1v) is 6.20. The summed E-state index contributed by atoms with van der Waals surface area (Å²) in [6.07, 6.45) is 2.44. The van der Waals surface area contributed by atoms with E-state index in [4.69, 9.17) is 16.7 Å². The van der Waals surface area contributed by atoms with Crippen molar-refractivity contribution in [3.8, 4) is 0 Å². The predicted octanol–water partition coefficient (Wildman–Crippen LogP) is 1.79. The van der Waals surface area contributed by atoms with Crippen LogP contribution in [0.15, 0.2) is 30.5 Å². The molecule has 2 N–H and O–H groups in total. The molecule has 0 fully saturated rings. The lowest BCUT2D eigenvalue weighted by Crippen LogP contribution is -2.28. The van der Waals surface area contributed by atoms with E-state index in [2.05, 4.69) is 5.32 Å². The zero-order chi connectivity index (χ0) is 13.0. The number of aliphatic hydroxyl groups excluding tert-OH is 1. The van der Waals surface area contributed by atoms with Gasteiger partial charge in [0.25, 0.3) is 0 Å². The minimum absolute atomic E-state index is 0.0686. The molecule has 0 bridgehead atoms. The summed E-state index contributed by atoms with van der Waals surface area (Å²) in [7, 11) is 0. The van der Waals surface area contributed by atoms with E-state index in [0.29, 0.717) is 18.0 Å². The first-order valence-electron chi connectivity index (χ1n) is 5.82. The molecule has 1 amide bonds. The van der Waals surface area contributed by atoms with E-state index in [9.17, 15) is 4.79 Å². The average Bonchev–Trinajstić information content (AvgIpc) is 2.72. The summed E-state index contributed by atoms with van der Waals surface area (Å²) < 4.78 is 1.86. The number of aliphatic hydroxyl groups is 1. The number of nitrogens with one attached hydrogen (secondary N) is 1. The number of carbonyl (C=O) groups excluding carboxylic acids is 1. The van der Waals surface area contributed by atoms with E-state index in [0.717, 1.165) is 10.9 Å². The van der Waals surface area contributed by atoms with Crippen molar-refractivity contribution in [2.45, 2.75) is 13.0 Å². The minimum atomic E-state index is -0.0686. The molecular weight excluding hydrogens is 252 g/mol. The Morgan fingerprint density at radius 1 is 1.39 bits per heavy atom. The molecule has 1 heterocycles. The van der Waals surface area contributed by atoms with Gasteiger partial charge in [0.2, 0.25) is 5.91 Å². The largest absolute Gasteiger partial charge is 0.396 e. The Bertz CT molecular complexity index is 551. The van der Waals surface area contributed by atoms with Crippen LogP contribution in [-0.4, -0.2) is 28.7 Å². The molecule has 0 saturated heterocycles. The number of amides is 1. The number of halogens is 1. The predicted molar refractivity (Wildman–Crippen MR) is 71.7 cm³/mol. The van der Waals surface area contributed by atoms with E-state index >= 15 is 0 Å². The van der Waals surface area contributed by atoms with Crippen molar-refractivity contribution < 1.29 is 9.90 Å². The van der Waals surface area contributed by atoms with E-state index in [1.54, 1.807) is 0 Å². The van der Waals surface area contributed by atoms with Crippen molar-refractivity contribution in [2.24, 2.45) is 0 Å². The van der Waals surface area contributed by atoms with Gasteiger partial charge in [-0.25, -0.2) is 0 Å². The summed E-state index contributed by atoms with van der Waals surface area (Å²) >= 11 is 5.94. The maximum atomic E-state index is 11.7. The summed E-state index contributed by atoms with van der Waals surface area (Å²) in [4.78, 5) is 11.7. The second-order valence-electron chi connectivity index (χ2n) is 4.07. The Labute approximate surface area is 110 Å². The van der Waals surface area contributed by atoms with Crippen LogP contribution in [-0.2, 0) is 11.3 Å². The molecule has 0 atom stereocenters. The van der Waals surface area contributed by atoms with Gasteiger partial charge >= 0.3 is 0 Å². The van der Waals surface area contributed by atoms with Crippen LogP contribution >= 0.6 is 11.6 Å². The molecule has 0 aliphatic rings. The van der Waals surface area contributed by atoms with Gasteiger partial charge < -0.3 is 15.0 Å². The first kappa shape index (κ1) is 12.9. The van der Waals surface area contributed by atoms with Crippen LogP contribution in [0.3, 0.4) is 0 Å². The second kappa shape index (κ2) is 5.89. The van der Waals surface area contributed by atoms with Crippen molar-refractivity contribution in [1.29, 1.82) is 0 Å². The Morgan fingerprint density at radius 2 is 2.22 bits per heavy atom. The summed E-state index contributed by atoms with van der Waals surface area (Å²) in [6.45, 7) is 0.840. The molecule has 4 nitrogen and oxygen atoms in total. The zero-order valence-corrected chi connectivity index (χ0v) is 10.7. The molecule has 0 radical (unpaired) electrons. The monoisotopic (exact) mass is 266 g/mol. The summed E-state index contributed by atoms with van der Waals surface area (Å²) in [5, 5.41) is 13.1. The molecule has 0 saturated carbocycles. The van der Waals surface area contributed by atoms with Crippen molar-refractivity contribution in [1.82, 2.24) is 9.88 Å². The van der Waals surface area contributed by atoms with Crippen molar-refractivity contribution in [3.63, 3.8) is 0 Å². The number of hydrogen-bond acceptors (Lipinski definition) is 2. The summed E-state index contributed by atoms with van der Waals surface area (Å²) in [5.74, 6) is -0.0686. The van der Waals surface area contributed by atoms with Crippen LogP contribution in [0.2, 0.25) is 5.02 Å². The lowest BCUT2D eigenvalue weighted by Gasteiger charge is -2.06. The normalized spacial score (nSPS) is 10.8. The highest BCUT2D eigenvalue weighted by Gasteiger charge is 2.06. The van der Waals surface area contributed by atoms with Crippen LogP contribution in [0.1, 0.15) is 6.42 Å². The van der Waals surface area contributed by atoms with Gasteiger partial charge in [0, 0.05) is 29.9 Å². The Hall–Kier alpha value is -1.52. The first-order chi connectivity index (χ1) is 8.70. The fourth-order valence-corrected chi connectivity index (χ4v) is 1.98. The van der Waals surface area contributed by atoms with Crippen LogP contribution in [0, 0.1) is 0 Å². The van der Waals surface area contributed by atoms with Crippen molar-refractivity contribution in [3.05, 3.63) is 35.5 Å². The van der Waals surface area contributed by atoms with E-state index in [1.165, 1.54) is 0 Å². The standard InChI is InChI=1S/C13H15ClN2O2/c14-11-3-2-10-4-6-16(12(10)8-11)9-13(18)15-5-1-7-17/h2-4,6,8,17H,1,5,7,9H2,(H,15,18). The zero-order valence-electron chi connectivity index (χ0n) is 9.90. The van der Waals surface area contributed by atoms with Gasteiger partial charge in [0.15, 0.2) is 0 Å². The maximum Gasteiger partial charge on any atom is 0.239 e. The lowest BCUT2D eigenvalue weighted by molar-refractivity contribution is -0.121. The Kier molecular flexibility index (Phi) is 4.23. The molecule has 0 aliphatic heterocycles. The molecule has 5 heteroatoms. The van der Waals surface area contributed by atoms with Gasteiger partial charge in [-0.2, -0.15) is 0 Å². The fraction of sp³-hybridized carbons (Fsp3) is 0.308. The van der Waals surface area contributed by atoms with Crippen molar-refractivity contribution in [2.75, 3.05) is 13.2 Å².